The van der Waals surface area contributed by atoms with Gasteiger partial charge in [0.05, 0.1) is 10.0 Å². The van der Waals surface area contributed by atoms with E-state index in [0.29, 0.717) is 16.1 Å². The molecule has 3 aliphatic rings. The summed E-state index contributed by atoms with van der Waals surface area (Å²) in [5.41, 5.74) is 1.21. The van der Waals surface area contributed by atoms with Crippen LogP contribution in [0.5, 0.6) is 0 Å². The molecule has 3 fully saturated rings. The highest BCUT2D eigenvalue weighted by molar-refractivity contribution is 6.42. The van der Waals surface area contributed by atoms with Gasteiger partial charge < -0.3 is 10.2 Å². The molecule has 98 valence electrons. The van der Waals surface area contributed by atoms with E-state index in [1.807, 2.05) is 18.2 Å². The van der Waals surface area contributed by atoms with Crippen LogP contribution in [0.1, 0.15) is 18.4 Å². The highest BCUT2D eigenvalue weighted by Gasteiger charge is 2.33. The van der Waals surface area contributed by atoms with Crippen LogP contribution >= 0.6 is 23.2 Å². The van der Waals surface area contributed by atoms with Crippen LogP contribution < -0.4 is 5.32 Å². The van der Waals surface area contributed by atoms with Crippen molar-refractivity contribution in [1.29, 1.82) is 0 Å². The molecule has 1 aromatic carbocycles. The van der Waals surface area contributed by atoms with Crippen LogP contribution in [0.3, 0.4) is 0 Å². The lowest BCUT2D eigenvalue weighted by Gasteiger charge is -2.45. The van der Waals surface area contributed by atoms with E-state index in [-0.39, 0.29) is 0 Å². The van der Waals surface area contributed by atoms with Crippen molar-refractivity contribution in [2.24, 2.45) is 5.92 Å². The third kappa shape index (κ3) is 2.67. The highest BCUT2D eigenvalue weighted by Crippen LogP contribution is 2.28. The molecule has 2 nitrogen and oxygen atoms in total. The van der Waals surface area contributed by atoms with Crippen LogP contribution in [0.2, 0.25) is 10.0 Å². The van der Waals surface area contributed by atoms with Gasteiger partial charge in [0.1, 0.15) is 0 Å². The number of hydrogen-bond donors (Lipinski definition) is 1. The smallest absolute Gasteiger partial charge is 0.0595 e. The predicted octanol–water partition coefficient (Wildman–Crippen LogP) is 3.18. The Morgan fingerprint density at radius 3 is 2.56 bits per heavy atom. The van der Waals surface area contributed by atoms with Crippen LogP contribution in [0.4, 0.5) is 0 Å². The average Bonchev–Trinajstić information content (AvgIpc) is 2.41. The molecule has 0 aromatic heterocycles. The standard InChI is InChI=1S/C14H18Cl2N2/c15-12-2-1-10(7-13(12)16)8-17-14-9-18-5-3-11(14)4-6-18/h1-2,7,11,14,17H,3-6,8-9H2. The second-order valence-electron chi connectivity index (χ2n) is 5.37. The Labute approximate surface area is 118 Å². The molecule has 0 aliphatic carbocycles. The molecule has 4 rings (SSSR count). The summed E-state index contributed by atoms with van der Waals surface area (Å²) in [6.07, 6.45) is 2.69. The molecule has 2 bridgehead atoms. The molecule has 3 saturated heterocycles. The molecule has 4 heteroatoms. The normalized spacial score (nSPS) is 30.7. The SMILES string of the molecule is Clc1ccc(CNC2CN3CCC2CC3)cc1Cl. The Kier molecular flexibility index (Phi) is 3.81. The lowest BCUT2D eigenvalue weighted by atomic mass is 9.84. The van der Waals surface area contributed by atoms with Gasteiger partial charge in [-0.1, -0.05) is 29.3 Å². The van der Waals surface area contributed by atoms with E-state index < -0.39 is 0 Å². The van der Waals surface area contributed by atoms with Crippen molar-refractivity contribution in [3.05, 3.63) is 33.8 Å². The van der Waals surface area contributed by atoms with E-state index in [0.717, 1.165) is 12.5 Å². The summed E-state index contributed by atoms with van der Waals surface area (Å²) in [4.78, 5) is 2.56. The first-order valence-electron chi connectivity index (χ1n) is 6.62. The van der Waals surface area contributed by atoms with Crippen molar-refractivity contribution in [2.75, 3.05) is 19.6 Å². The maximum absolute atomic E-state index is 6.03. The number of benzene rings is 1. The quantitative estimate of drug-likeness (QED) is 0.917. The number of fused-ring (bicyclic) bond motifs is 3. The van der Waals surface area contributed by atoms with Crippen LogP contribution in [0.15, 0.2) is 18.2 Å². The number of nitrogens with zero attached hydrogens (tertiary/aromatic N) is 1. The molecular formula is C14H18Cl2N2. The van der Waals surface area contributed by atoms with E-state index in [9.17, 15) is 0 Å². The summed E-state index contributed by atoms with van der Waals surface area (Å²) in [5.74, 6) is 0.859. The Morgan fingerprint density at radius 2 is 1.94 bits per heavy atom. The Bertz CT molecular complexity index is 428. The minimum atomic E-state index is 0.628. The first-order chi connectivity index (χ1) is 8.72. The summed E-state index contributed by atoms with van der Waals surface area (Å²) in [7, 11) is 0. The first kappa shape index (κ1) is 12.7. The van der Waals surface area contributed by atoms with E-state index in [2.05, 4.69) is 10.2 Å². The summed E-state index contributed by atoms with van der Waals surface area (Å²) >= 11 is 12.0. The van der Waals surface area contributed by atoms with Gasteiger partial charge in [0.25, 0.3) is 0 Å². The van der Waals surface area contributed by atoms with Gasteiger partial charge in [-0.3, -0.25) is 0 Å². The van der Waals surface area contributed by atoms with Gasteiger partial charge >= 0.3 is 0 Å². The summed E-state index contributed by atoms with van der Waals surface area (Å²) in [5, 5.41) is 4.94. The van der Waals surface area contributed by atoms with Gasteiger partial charge in [0.2, 0.25) is 0 Å². The fourth-order valence-corrected chi connectivity index (χ4v) is 3.42. The van der Waals surface area contributed by atoms with Crippen molar-refractivity contribution in [2.45, 2.75) is 25.4 Å². The highest BCUT2D eigenvalue weighted by atomic mass is 35.5. The van der Waals surface area contributed by atoms with Crippen molar-refractivity contribution < 1.29 is 0 Å². The third-order valence-corrected chi connectivity index (χ3v) is 4.95. The van der Waals surface area contributed by atoms with Crippen LogP contribution in [0, 0.1) is 5.92 Å². The topological polar surface area (TPSA) is 15.3 Å². The third-order valence-electron chi connectivity index (χ3n) is 4.21. The molecule has 1 atom stereocenters. The molecule has 18 heavy (non-hydrogen) atoms. The number of nitrogens with one attached hydrogen (secondary N) is 1. The van der Waals surface area contributed by atoms with E-state index in [1.165, 1.54) is 38.0 Å². The van der Waals surface area contributed by atoms with E-state index >= 15 is 0 Å². The number of hydrogen-bond acceptors (Lipinski definition) is 2. The fourth-order valence-electron chi connectivity index (χ4n) is 3.09. The molecule has 1 aromatic rings. The number of piperidine rings is 3. The van der Waals surface area contributed by atoms with Crippen LogP contribution in [0.25, 0.3) is 0 Å². The summed E-state index contributed by atoms with van der Waals surface area (Å²) < 4.78 is 0. The monoisotopic (exact) mass is 284 g/mol. The van der Waals surface area contributed by atoms with Crippen molar-refractivity contribution in [3.8, 4) is 0 Å². The van der Waals surface area contributed by atoms with E-state index in [1.54, 1.807) is 0 Å². The van der Waals surface area contributed by atoms with Crippen LogP contribution in [-0.4, -0.2) is 30.6 Å². The summed E-state index contributed by atoms with van der Waals surface area (Å²) in [6, 6.07) is 6.51. The Balaban J connectivity index is 1.59. The van der Waals surface area contributed by atoms with Gasteiger partial charge in [-0.05, 0) is 49.5 Å². The summed E-state index contributed by atoms with van der Waals surface area (Å²) in [6.45, 7) is 4.66. The lowest BCUT2D eigenvalue weighted by molar-refractivity contribution is 0.0720. The molecule has 0 saturated carbocycles. The second kappa shape index (κ2) is 5.38. The Morgan fingerprint density at radius 1 is 1.17 bits per heavy atom. The molecule has 1 N–H and O–H groups in total. The minimum Gasteiger partial charge on any atom is -0.308 e. The second-order valence-corrected chi connectivity index (χ2v) is 6.19. The molecule has 0 radical (unpaired) electrons. The average molecular weight is 285 g/mol. The predicted molar refractivity (Wildman–Crippen MR) is 76.3 cm³/mol. The van der Waals surface area contributed by atoms with Gasteiger partial charge in [-0.2, -0.15) is 0 Å². The zero-order valence-corrected chi connectivity index (χ0v) is 11.8. The van der Waals surface area contributed by atoms with Crippen molar-refractivity contribution >= 4 is 23.2 Å². The first-order valence-corrected chi connectivity index (χ1v) is 7.37. The molecule has 0 amide bonds. The van der Waals surface area contributed by atoms with Gasteiger partial charge in [-0.15, -0.1) is 0 Å². The lowest BCUT2D eigenvalue weighted by Crippen LogP contribution is -2.55. The zero-order chi connectivity index (χ0) is 12.5. The van der Waals surface area contributed by atoms with Crippen molar-refractivity contribution in [1.82, 2.24) is 10.2 Å². The Hall–Kier alpha value is -0.280. The molecule has 0 spiro atoms. The largest absolute Gasteiger partial charge is 0.308 e. The molecular weight excluding hydrogens is 267 g/mol. The van der Waals surface area contributed by atoms with Gasteiger partial charge in [-0.25, -0.2) is 0 Å². The molecule has 1 unspecified atom stereocenters. The minimum absolute atomic E-state index is 0.628. The number of halogens is 2. The molecule has 3 aliphatic heterocycles. The van der Waals surface area contributed by atoms with Crippen LogP contribution in [-0.2, 0) is 6.54 Å². The van der Waals surface area contributed by atoms with Crippen molar-refractivity contribution in [3.63, 3.8) is 0 Å². The van der Waals surface area contributed by atoms with Gasteiger partial charge in [0, 0.05) is 19.1 Å². The number of rotatable bonds is 3. The fraction of sp³-hybridized carbons (Fsp3) is 0.571. The maximum atomic E-state index is 6.03. The zero-order valence-electron chi connectivity index (χ0n) is 10.3. The molecule has 3 heterocycles. The van der Waals surface area contributed by atoms with Gasteiger partial charge in [0.15, 0.2) is 0 Å². The van der Waals surface area contributed by atoms with E-state index in [4.69, 9.17) is 23.2 Å². The maximum Gasteiger partial charge on any atom is 0.0595 e.